The van der Waals surface area contributed by atoms with E-state index in [1.54, 1.807) is 23.9 Å². The quantitative estimate of drug-likeness (QED) is 0.653. The summed E-state index contributed by atoms with van der Waals surface area (Å²) in [5.41, 5.74) is 0.681. The maximum atomic E-state index is 12.1. The Balaban J connectivity index is 2.04. The topological polar surface area (TPSA) is 73.2 Å². The first kappa shape index (κ1) is 17.5. The molecule has 0 aliphatic rings. The molecule has 1 aromatic carbocycles. The molecule has 2 aromatic rings. The number of esters is 1. The van der Waals surface area contributed by atoms with Crippen LogP contribution in [0.25, 0.3) is 11.8 Å². The predicted octanol–water partition coefficient (Wildman–Crippen LogP) is 2.34. The molecule has 0 aliphatic carbocycles. The fourth-order valence-corrected chi connectivity index (χ4v) is 2.14. The van der Waals surface area contributed by atoms with Crippen molar-refractivity contribution < 1.29 is 14.3 Å². The van der Waals surface area contributed by atoms with E-state index in [0.29, 0.717) is 6.42 Å². The minimum atomic E-state index is -1.04. The van der Waals surface area contributed by atoms with Crippen molar-refractivity contribution in [3.63, 3.8) is 0 Å². The summed E-state index contributed by atoms with van der Waals surface area (Å²) in [6.45, 7) is 3.45. The van der Waals surface area contributed by atoms with E-state index >= 15 is 0 Å². The first-order valence-electron chi connectivity index (χ1n) is 7.67. The van der Waals surface area contributed by atoms with Gasteiger partial charge < -0.3 is 10.1 Å². The standard InChI is InChI=1S/C18H21N3O3/c1-4-18(2,17(23)24-3)20-16(22)11-10-14-12-19-21(13-14)15-8-6-5-7-9-15/h5-13H,4H2,1-3H3,(H,20,22)/b11-10-/t18-/m1/s1. The van der Waals surface area contributed by atoms with Crippen LogP contribution in [0, 0.1) is 0 Å². The Morgan fingerprint density at radius 2 is 2.04 bits per heavy atom. The maximum absolute atomic E-state index is 12.1. The first-order chi connectivity index (χ1) is 11.5. The van der Waals surface area contributed by atoms with Crippen LogP contribution in [-0.4, -0.2) is 34.3 Å². The van der Waals surface area contributed by atoms with Gasteiger partial charge in [0.15, 0.2) is 0 Å². The third-order valence-corrected chi connectivity index (χ3v) is 3.79. The number of nitrogens with one attached hydrogen (secondary N) is 1. The second kappa shape index (κ2) is 7.59. The van der Waals surface area contributed by atoms with Gasteiger partial charge in [0, 0.05) is 17.8 Å². The number of hydrogen-bond donors (Lipinski definition) is 1. The molecule has 0 radical (unpaired) electrons. The number of hydrogen-bond acceptors (Lipinski definition) is 4. The van der Waals surface area contributed by atoms with Crippen molar-refractivity contribution in [3.8, 4) is 5.69 Å². The van der Waals surface area contributed by atoms with Gasteiger partial charge in [-0.2, -0.15) is 5.10 Å². The van der Waals surface area contributed by atoms with Crippen LogP contribution in [0.5, 0.6) is 0 Å². The second-order valence-corrected chi connectivity index (χ2v) is 5.55. The van der Waals surface area contributed by atoms with Crippen molar-refractivity contribution in [1.82, 2.24) is 15.1 Å². The van der Waals surface area contributed by atoms with E-state index in [0.717, 1.165) is 11.3 Å². The van der Waals surface area contributed by atoms with Crippen molar-refractivity contribution in [2.24, 2.45) is 0 Å². The number of carbonyl (C=O) groups excluding carboxylic acids is 2. The van der Waals surface area contributed by atoms with Gasteiger partial charge in [-0.1, -0.05) is 25.1 Å². The van der Waals surface area contributed by atoms with Crippen LogP contribution < -0.4 is 5.32 Å². The molecule has 2 rings (SSSR count). The predicted molar refractivity (Wildman–Crippen MR) is 91.5 cm³/mol. The van der Waals surface area contributed by atoms with Crippen LogP contribution in [0.4, 0.5) is 0 Å². The van der Waals surface area contributed by atoms with Crippen molar-refractivity contribution >= 4 is 18.0 Å². The van der Waals surface area contributed by atoms with Crippen LogP contribution in [-0.2, 0) is 14.3 Å². The molecule has 126 valence electrons. The highest BCUT2D eigenvalue weighted by molar-refractivity contribution is 5.95. The molecule has 1 amide bonds. The minimum absolute atomic E-state index is 0.364. The van der Waals surface area contributed by atoms with E-state index in [9.17, 15) is 9.59 Å². The molecule has 6 heteroatoms. The Morgan fingerprint density at radius 3 is 2.67 bits per heavy atom. The van der Waals surface area contributed by atoms with Gasteiger partial charge >= 0.3 is 5.97 Å². The number of rotatable bonds is 6. The fourth-order valence-electron chi connectivity index (χ4n) is 2.14. The molecular weight excluding hydrogens is 306 g/mol. The monoisotopic (exact) mass is 327 g/mol. The van der Waals surface area contributed by atoms with Gasteiger partial charge in [-0.05, 0) is 31.6 Å². The normalized spacial score (nSPS) is 13.5. The summed E-state index contributed by atoms with van der Waals surface area (Å²) in [6.07, 6.45) is 6.94. The molecule has 1 N–H and O–H groups in total. The number of para-hydroxylation sites is 1. The Morgan fingerprint density at radius 1 is 1.33 bits per heavy atom. The highest BCUT2D eigenvalue weighted by Gasteiger charge is 2.33. The van der Waals surface area contributed by atoms with Crippen LogP contribution >= 0.6 is 0 Å². The molecule has 6 nitrogen and oxygen atoms in total. The number of ether oxygens (including phenoxy) is 1. The molecule has 0 aliphatic heterocycles. The zero-order valence-electron chi connectivity index (χ0n) is 14.0. The van der Waals surface area contributed by atoms with E-state index in [2.05, 4.69) is 10.4 Å². The smallest absolute Gasteiger partial charge is 0.331 e. The fraction of sp³-hybridized carbons (Fsp3) is 0.278. The van der Waals surface area contributed by atoms with Gasteiger partial charge in [0.1, 0.15) is 5.54 Å². The van der Waals surface area contributed by atoms with Crippen LogP contribution in [0.2, 0.25) is 0 Å². The third kappa shape index (κ3) is 4.10. The highest BCUT2D eigenvalue weighted by atomic mass is 16.5. The van der Waals surface area contributed by atoms with Crippen LogP contribution in [0.15, 0.2) is 48.8 Å². The molecular formula is C18H21N3O3. The molecule has 24 heavy (non-hydrogen) atoms. The zero-order valence-corrected chi connectivity index (χ0v) is 14.0. The lowest BCUT2D eigenvalue weighted by molar-refractivity contribution is -0.149. The van der Waals surface area contributed by atoms with E-state index in [1.165, 1.54) is 13.2 Å². The summed E-state index contributed by atoms with van der Waals surface area (Å²) < 4.78 is 6.46. The molecule has 1 heterocycles. The number of amides is 1. The Bertz CT molecular complexity index is 737. The van der Waals surface area contributed by atoms with Gasteiger partial charge in [0.2, 0.25) is 5.91 Å². The summed E-state index contributed by atoms with van der Waals surface area (Å²) in [7, 11) is 1.30. The summed E-state index contributed by atoms with van der Waals surface area (Å²) in [6, 6.07) is 9.67. The SMILES string of the molecule is CC[C@@](C)(NC(=O)/C=C\c1cnn(-c2ccccc2)c1)C(=O)OC. The molecule has 0 spiro atoms. The summed E-state index contributed by atoms with van der Waals surface area (Å²) in [4.78, 5) is 23.8. The number of methoxy groups -OCH3 is 1. The average Bonchev–Trinajstić information content (AvgIpc) is 3.09. The van der Waals surface area contributed by atoms with Crippen molar-refractivity contribution in [2.75, 3.05) is 7.11 Å². The molecule has 1 atom stereocenters. The number of nitrogens with zero attached hydrogens (tertiary/aromatic N) is 2. The van der Waals surface area contributed by atoms with Gasteiger partial charge in [-0.15, -0.1) is 0 Å². The van der Waals surface area contributed by atoms with E-state index in [-0.39, 0.29) is 5.91 Å². The zero-order chi connectivity index (χ0) is 17.6. The van der Waals surface area contributed by atoms with Gasteiger partial charge in [-0.25, -0.2) is 9.48 Å². The average molecular weight is 327 g/mol. The molecule has 1 aromatic heterocycles. The Hall–Kier alpha value is -2.89. The second-order valence-electron chi connectivity index (χ2n) is 5.55. The number of benzene rings is 1. The minimum Gasteiger partial charge on any atom is -0.467 e. The molecule has 0 unspecified atom stereocenters. The molecule has 0 saturated carbocycles. The van der Waals surface area contributed by atoms with E-state index < -0.39 is 11.5 Å². The van der Waals surface area contributed by atoms with Crippen LogP contribution in [0.1, 0.15) is 25.8 Å². The molecule has 0 saturated heterocycles. The summed E-state index contributed by atoms with van der Waals surface area (Å²) >= 11 is 0. The van der Waals surface area contributed by atoms with Crippen molar-refractivity contribution in [1.29, 1.82) is 0 Å². The van der Waals surface area contributed by atoms with Crippen molar-refractivity contribution in [3.05, 3.63) is 54.4 Å². The van der Waals surface area contributed by atoms with Crippen LogP contribution in [0.3, 0.4) is 0 Å². The lowest BCUT2D eigenvalue weighted by Crippen LogP contribution is -2.51. The van der Waals surface area contributed by atoms with E-state index in [4.69, 9.17) is 4.74 Å². The molecule has 0 bridgehead atoms. The van der Waals surface area contributed by atoms with E-state index in [1.807, 2.05) is 43.5 Å². The number of carbonyl (C=O) groups is 2. The summed E-state index contributed by atoms with van der Waals surface area (Å²) in [5, 5.41) is 6.93. The number of aromatic nitrogens is 2. The van der Waals surface area contributed by atoms with Crippen molar-refractivity contribution in [2.45, 2.75) is 25.8 Å². The maximum Gasteiger partial charge on any atom is 0.331 e. The molecule has 0 fully saturated rings. The summed E-state index contributed by atoms with van der Waals surface area (Å²) in [5.74, 6) is -0.833. The Kier molecular flexibility index (Phi) is 5.52. The lowest BCUT2D eigenvalue weighted by atomic mass is 9.99. The first-order valence-corrected chi connectivity index (χ1v) is 7.67. The Labute approximate surface area is 141 Å². The highest BCUT2D eigenvalue weighted by Crippen LogP contribution is 2.12. The third-order valence-electron chi connectivity index (χ3n) is 3.79. The van der Waals surface area contributed by atoms with Gasteiger partial charge in [0.05, 0.1) is 19.0 Å². The lowest BCUT2D eigenvalue weighted by Gasteiger charge is -2.25. The largest absolute Gasteiger partial charge is 0.467 e. The van der Waals surface area contributed by atoms with Gasteiger partial charge in [0.25, 0.3) is 0 Å². The van der Waals surface area contributed by atoms with Gasteiger partial charge in [-0.3, -0.25) is 4.79 Å².